The van der Waals surface area contributed by atoms with E-state index in [-0.39, 0.29) is 5.78 Å². The molecule has 1 fully saturated rings. The summed E-state index contributed by atoms with van der Waals surface area (Å²) >= 11 is 5.45. The molecule has 0 aromatic carbocycles. The monoisotopic (exact) mass is 169 g/mol. The first-order valence-electron chi connectivity index (χ1n) is 3.65. The minimum atomic E-state index is 0.190. The molecule has 0 atom stereocenters. The van der Waals surface area contributed by atoms with Gasteiger partial charge in [0.1, 0.15) is 5.78 Å². The Labute approximate surface area is 73.1 Å². The van der Waals surface area contributed by atoms with Gasteiger partial charge in [0.05, 0.1) is 0 Å². The van der Waals surface area contributed by atoms with Gasteiger partial charge in [-0.1, -0.05) is 0 Å². The van der Waals surface area contributed by atoms with E-state index >= 15 is 0 Å². The van der Waals surface area contributed by atoms with Crippen LogP contribution in [0.25, 0.3) is 0 Å². The van der Waals surface area contributed by atoms with E-state index in [1.807, 2.05) is 25.7 Å². The highest BCUT2D eigenvalue weighted by molar-refractivity contribution is 6.18. The molecule has 1 nitrogen and oxygen atoms in total. The summed E-state index contributed by atoms with van der Waals surface area (Å²) in [7, 11) is 0. The van der Waals surface area contributed by atoms with Crippen molar-refractivity contribution in [3.05, 3.63) is 31.6 Å². The van der Waals surface area contributed by atoms with Crippen molar-refractivity contribution in [2.45, 2.75) is 12.8 Å². The van der Waals surface area contributed by atoms with Crippen LogP contribution in [-0.4, -0.2) is 11.7 Å². The molecule has 5 radical (unpaired) electrons. The van der Waals surface area contributed by atoms with Gasteiger partial charge in [0.15, 0.2) is 0 Å². The lowest BCUT2D eigenvalue weighted by Crippen LogP contribution is -2.08. The Bertz CT molecular complexity index is 128. The summed E-state index contributed by atoms with van der Waals surface area (Å²) in [5.74, 6) is 1.55. The largest absolute Gasteiger partial charge is 0.299 e. The minimum Gasteiger partial charge on any atom is -0.299 e. The van der Waals surface area contributed by atoms with Gasteiger partial charge in [0, 0.05) is 18.2 Å². The van der Waals surface area contributed by atoms with Gasteiger partial charge >= 0.3 is 0 Å². The van der Waals surface area contributed by atoms with Crippen molar-refractivity contribution in [3.63, 3.8) is 0 Å². The van der Waals surface area contributed by atoms with E-state index in [0.717, 1.165) is 12.3 Å². The molecule has 0 aliphatic heterocycles. The summed E-state index contributed by atoms with van der Waals surface area (Å²) < 4.78 is 0. The van der Waals surface area contributed by atoms with Gasteiger partial charge in [-0.05, 0) is 32.1 Å². The summed E-state index contributed by atoms with van der Waals surface area (Å²) in [6.45, 7) is 0. The third-order valence-electron chi connectivity index (χ3n) is 1.52. The quantitative estimate of drug-likeness (QED) is 0.589. The third-order valence-corrected chi connectivity index (χ3v) is 1.79. The van der Waals surface area contributed by atoms with Crippen LogP contribution in [0.2, 0.25) is 0 Å². The first kappa shape index (κ1) is 9.05. The van der Waals surface area contributed by atoms with Crippen LogP contribution in [0.3, 0.4) is 0 Å². The van der Waals surface area contributed by atoms with Crippen LogP contribution in [0.15, 0.2) is 0 Å². The molecular formula is C9H10ClO. The number of hydrogen-bond acceptors (Lipinski definition) is 1. The van der Waals surface area contributed by atoms with Crippen molar-refractivity contribution in [2.24, 2.45) is 0 Å². The van der Waals surface area contributed by atoms with Gasteiger partial charge in [-0.3, -0.25) is 4.79 Å². The zero-order valence-electron chi connectivity index (χ0n) is 6.22. The molecule has 1 aliphatic rings. The summed E-state index contributed by atoms with van der Waals surface area (Å²) in [6.07, 6.45) is 8.73. The fourth-order valence-electron chi connectivity index (χ4n) is 0.932. The zero-order valence-corrected chi connectivity index (χ0v) is 6.97. The average Bonchev–Trinajstić information content (AvgIpc) is 2.52. The van der Waals surface area contributed by atoms with Crippen LogP contribution in [0.1, 0.15) is 12.8 Å². The smallest absolute Gasteiger partial charge is 0.140 e. The molecule has 0 bridgehead atoms. The molecule has 0 saturated heterocycles. The van der Waals surface area contributed by atoms with Crippen molar-refractivity contribution in [3.8, 4) is 0 Å². The number of carbonyl (C=O) groups excluding carboxylic acids is 1. The Balaban J connectivity index is 2.17. The molecule has 1 aliphatic carbocycles. The lowest BCUT2D eigenvalue weighted by atomic mass is 9.99. The Morgan fingerprint density at radius 2 is 2.00 bits per heavy atom. The van der Waals surface area contributed by atoms with Crippen molar-refractivity contribution >= 4 is 17.4 Å². The Morgan fingerprint density at radius 3 is 2.55 bits per heavy atom. The van der Waals surface area contributed by atoms with Crippen molar-refractivity contribution in [1.82, 2.24) is 0 Å². The number of ketones is 1. The molecule has 0 heterocycles. The molecule has 1 saturated carbocycles. The van der Waals surface area contributed by atoms with Crippen LogP contribution >= 0.6 is 11.6 Å². The number of Topliss-reactive ketones (excluding diaryl/α,β-unsaturated/α-hetero) is 1. The predicted octanol–water partition coefficient (Wildman–Crippen LogP) is 1.98. The van der Waals surface area contributed by atoms with Crippen LogP contribution in [-0.2, 0) is 4.79 Å². The fourth-order valence-corrected chi connectivity index (χ4v) is 1.07. The molecule has 0 amide bonds. The highest BCUT2D eigenvalue weighted by Crippen LogP contribution is 2.25. The topological polar surface area (TPSA) is 17.1 Å². The Morgan fingerprint density at radius 1 is 1.36 bits per heavy atom. The second-order valence-electron chi connectivity index (χ2n) is 2.39. The van der Waals surface area contributed by atoms with Crippen LogP contribution < -0.4 is 0 Å². The molecule has 1 rings (SSSR count). The van der Waals surface area contributed by atoms with E-state index in [1.165, 1.54) is 0 Å². The van der Waals surface area contributed by atoms with E-state index in [9.17, 15) is 4.79 Å². The maximum absolute atomic E-state index is 11.2. The SMILES string of the molecule is O=C(CCCCl)[C]1[CH][CH][CH][CH]1. The number of carbonyl (C=O) groups is 1. The van der Waals surface area contributed by atoms with E-state index in [0.29, 0.717) is 12.3 Å². The molecule has 0 spiro atoms. The number of rotatable bonds is 4. The summed E-state index contributed by atoms with van der Waals surface area (Å²) in [5.41, 5.74) is 0. The molecule has 0 N–H and O–H groups in total. The van der Waals surface area contributed by atoms with Crippen molar-refractivity contribution in [1.29, 1.82) is 0 Å². The van der Waals surface area contributed by atoms with E-state index < -0.39 is 0 Å². The van der Waals surface area contributed by atoms with Gasteiger partial charge in [-0.25, -0.2) is 0 Å². The van der Waals surface area contributed by atoms with E-state index in [4.69, 9.17) is 11.6 Å². The number of alkyl halides is 1. The van der Waals surface area contributed by atoms with Gasteiger partial charge < -0.3 is 0 Å². The summed E-state index contributed by atoms with van der Waals surface area (Å²) in [5, 5.41) is 0. The van der Waals surface area contributed by atoms with Crippen LogP contribution in [0.4, 0.5) is 0 Å². The lowest BCUT2D eigenvalue weighted by molar-refractivity contribution is -0.116. The lowest BCUT2D eigenvalue weighted by Gasteiger charge is -2.03. The third kappa shape index (κ3) is 2.82. The van der Waals surface area contributed by atoms with Gasteiger partial charge in [-0.15, -0.1) is 11.6 Å². The Kier molecular flexibility index (Phi) is 3.92. The number of hydrogen-bond donors (Lipinski definition) is 0. The van der Waals surface area contributed by atoms with Crippen LogP contribution in [0, 0.1) is 31.6 Å². The van der Waals surface area contributed by atoms with Gasteiger partial charge in [-0.2, -0.15) is 0 Å². The molecule has 2 heteroatoms. The molecule has 0 aromatic heterocycles. The van der Waals surface area contributed by atoms with Crippen LogP contribution in [0.5, 0.6) is 0 Å². The predicted molar refractivity (Wildman–Crippen MR) is 45.4 cm³/mol. The first-order valence-corrected chi connectivity index (χ1v) is 4.19. The van der Waals surface area contributed by atoms with E-state index in [1.54, 1.807) is 0 Å². The average molecular weight is 170 g/mol. The van der Waals surface area contributed by atoms with E-state index in [2.05, 4.69) is 0 Å². The van der Waals surface area contributed by atoms with Gasteiger partial charge in [0.25, 0.3) is 0 Å². The molecule has 0 unspecified atom stereocenters. The van der Waals surface area contributed by atoms with Crippen molar-refractivity contribution < 1.29 is 4.79 Å². The standard InChI is InChI=1S/C9H10ClO/c10-7-3-6-9(11)8-4-1-2-5-8/h1-2,4-5H,3,6-7H2. The Hall–Kier alpha value is -0.0400. The highest BCUT2D eigenvalue weighted by atomic mass is 35.5. The molecule has 59 valence electrons. The fraction of sp³-hybridized carbons (Fsp3) is 0.333. The zero-order chi connectivity index (χ0) is 8.10. The maximum Gasteiger partial charge on any atom is 0.140 e. The van der Waals surface area contributed by atoms with Crippen molar-refractivity contribution in [2.75, 3.05) is 5.88 Å². The first-order chi connectivity index (χ1) is 5.34. The molecular weight excluding hydrogens is 160 g/mol. The highest BCUT2D eigenvalue weighted by Gasteiger charge is 2.23. The summed E-state index contributed by atoms with van der Waals surface area (Å²) in [4.78, 5) is 11.2. The second kappa shape index (κ2) is 4.76. The number of halogens is 1. The second-order valence-corrected chi connectivity index (χ2v) is 2.77. The summed E-state index contributed by atoms with van der Waals surface area (Å²) in [6, 6.07) is 0. The maximum atomic E-state index is 11.2. The normalized spacial score (nSPS) is 19.0. The molecule has 11 heavy (non-hydrogen) atoms. The van der Waals surface area contributed by atoms with Gasteiger partial charge in [0.2, 0.25) is 0 Å². The molecule has 0 aromatic rings. The minimum absolute atomic E-state index is 0.190.